The number of nitrogens with zero attached hydrogens (tertiary/aromatic N) is 1. The third-order valence-electron chi connectivity index (χ3n) is 7.63. The van der Waals surface area contributed by atoms with Crippen molar-refractivity contribution in [3.63, 3.8) is 0 Å². The fourth-order valence-electron chi connectivity index (χ4n) is 6.19. The van der Waals surface area contributed by atoms with E-state index in [9.17, 15) is 18.0 Å². The topological polar surface area (TPSA) is 83.6 Å². The van der Waals surface area contributed by atoms with Crippen molar-refractivity contribution < 1.29 is 18.0 Å². The number of carbonyl (C=O) groups excluding carboxylic acids is 2. The van der Waals surface area contributed by atoms with Gasteiger partial charge in [0.25, 0.3) is 21.8 Å². The molecule has 3 aliphatic carbocycles. The molecule has 3 aromatic rings. The Kier molecular flexibility index (Phi) is 4.90. The second-order valence-corrected chi connectivity index (χ2v) is 11.7. The second kappa shape index (κ2) is 7.78. The molecular formula is C28H26N2O4S. The maximum Gasteiger partial charge on any atom is 0.269 e. The summed E-state index contributed by atoms with van der Waals surface area (Å²) in [6.45, 7) is 3.80. The van der Waals surface area contributed by atoms with Crippen molar-refractivity contribution in [2.24, 2.45) is 5.92 Å². The normalized spacial score (nSPS) is 23.1. The third kappa shape index (κ3) is 3.18. The molecule has 0 saturated heterocycles. The van der Waals surface area contributed by atoms with Crippen LogP contribution in [-0.2, 0) is 10.0 Å². The molecule has 0 fully saturated rings. The number of carbonyl (C=O) groups is 2. The maximum atomic E-state index is 13.1. The number of hydrogen-bond donors (Lipinski definition) is 1. The zero-order valence-electron chi connectivity index (χ0n) is 19.6. The van der Waals surface area contributed by atoms with E-state index < -0.39 is 22.0 Å². The SMILES string of the molecule is CC(C)N1C(=O)c2ccc(C(=O)NCC3CC4c5ccccc5C3c3ccccc34)cc2S1(=O)=O. The predicted molar refractivity (Wildman–Crippen MR) is 132 cm³/mol. The van der Waals surface area contributed by atoms with Crippen LogP contribution >= 0.6 is 0 Å². The fourth-order valence-corrected chi connectivity index (χ4v) is 7.98. The van der Waals surface area contributed by atoms with Crippen LogP contribution in [0.2, 0.25) is 0 Å². The smallest absolute Gasteiger partial charge is 0.269 e. The summed E-state index contributed by atoms with van der Waals surface area (Å²) in [6, 6.07) is 21.0. The van der Waals surface area contributed by atoms with Gasteiger partial charge in [0.1, 0.15) is 4.90 Å². The lowest BCUT2D eigenvalue weighted by Crippen LogP contribution is -2.39. The molecule has 1 aliphatic heterocycles. The molecule has 2 bridgehead atoms. The van der Waals surface area contributed by atoms with E-state index in [1.807, 2.05) is 0 Å². The number of fused-ring (bicyclic) bond motifs is 2. The quantitative estimate of drug-likeness (QED) is 0.597. The van der Waals surface area contributed by atoms with Crippen molar-refractivity contribution in [3.8, 4) is 0 Å². The molecule has 2 amide bonds. The third-order valence-corrected chi connectivity index (χ3v) is 9.63. The van der Waals surface area contributed by atoms with Gasteiger partial charge in [0.05, 0.1) is 5.56 Å². The summed E-state index contributed by atoms with van der Waals surface area (Å²) in [6.07, 6.45) is 0.954. The Morgan fingerprint density at radius 1 is 0.971 bits per heavy atom. The molecule has 7 rings (SSSR count). The molecule has 4 aliphatic rings. The summed E-state index contributed by atoms with van der Waals surface area (Å²) in [5.41, 5.74) is 5.78. The number of sulfonamides is 1. The van der Waals surface area contributed by atoms with E-state index in [0.29, 0.717) is 12.5 Å². The van der Waals surface area contributed by atoms with Gasteiger partial charge in [-0.3, -0.25) is 9.59 Å². The molecule has 1 heterocycles. The first-order chi connectivity index (χ1) is 16.8. The highest BCUT2D eigenvalue weighted by Gasteiger charge is 2.44. The number of nitrogens with one attached hydrogen (secondary N) is 1. The number of hydrogen-bond acceptors (Lipinski definition) is 4. The second-order valence-electron chi connectivity index (χ2n) is 9.90. The molecule has 3 aromatic carbocycles. The average molecular weight is 487 g/mol. The van der Waals surface area contributed by atoms with Gasteiger partial charge in [-0.25, -0.2) is 12.7 Å². The van der Waals surface area contributed by atoms with Crippen LogP contribution in [0.1, 0.15) is 75.1 Å². The van der Waals surface area contributed by atoms with Gasteiger partial charge >= 0.3 is 0 Å². The zero-order chi connectivity index (χ0) is 24.5. The van der Waals surface area contributed by atoms with E-state index >= 15 is 0 Å². The van der Waals surface area contributed by atoms with E-state index in [-0.39, 0.29) is 33.8 Å². The average Bonchev–Trinajstić information content (AvgIpc) is 3.07. The summed E-state index contributed by atoms with van der Waals surface area (Å²) in [5.74, 6) is -0.110. The van der Waals surface area contributed by atoms with Crippen molar-refractivity contribution in [2.45, 2.75) is 43.0 Å². The fraction of sp³-hybridized carbons (Fsp3) is 0.286. The lowest BCUT2D eigenvalue weighted by molar-refractivity contribution is 0.0845. The van der Waals surface area contributed by atoms with Gasteiger partial charge < -0.3 is 5.32 Å². The van der Waals surface area contributed by atoms with Crippen LogP contribution in [0.25, 0.3) is 0 Å². The van der Waals surface area contributed by atoms with Crippen LogP contribution in [0.5, 0.6) is 0 Å². The Morgan fingerprint density at radius 2 is 1.57 bits per heavy atom. The van der Waals surface area contributed by atoms with E-state index in [1.54, 1.807) is 13.8 Å². The molecule has 0 spiro atoms. The van der Waals surface area contributed by atoms with E-state index in [1.165, 1.54) is 40.5 Å². The maximum absolute atomic E-state index is 13.1. The van der Waals surface area contributed by atoms with Crippen molar-refractivity contribution in [3.05, 3.63) is 100 Å². The van der Waals surface area contributed by atoms with Crippen molar-refractivity contribution in [1.82, 2.24) is 9.62 Å². The van der Waals surface area contributed by atoms with Crippen LogP contribution in [0, 0.1) is 5.92 Å². The molecule has 1 unspecified atom stereocenters. The first kappa shape index (κ1) is 22.0. The van der Waals surface area contributed by atoms with Gasteiger partial charge in [0.2, 0.25) is 0 Å². The monoisotopic (exact) mass is 486 g/mol. The molecule has 0 saturated carbocycles. The molecule has 1 N–H and O–H groups in total. The van der Waals surface area contributed by atoms with Crippen LogP contribution in [-0.4, -0.2) is 37.1 Å². The first-order valence-electron chi connectivity index (χ1n) is 12.0. The van der Waals surface area contributed by atoms with Crippen LogP contribution in [0.3, 0.4) is 0 Å². The Labute approximate surface area is 205 Å². The summed E-state index contributed by atoms with van der Waals surface area (Å²) in [4.78, 5) is 25.6. The minimum atomic E-state index is -3.96. The Hall–Kier alpha value is -3.45. The van der Waals surface area contributed by atoms with Crippen LogP contribution in [0.15, 0.2) is 71.6 Å². The van der Waals surface area contributed by atoms with Gasteiger partial charge in [-0.15, -0.1) is 0 Å². The summed E-state index contributed by atoms with van der Waals surface area (Å²) in [5, 5.41) is 3.05. The van der Waals surface area contributed by atoms with Gasteiger partial charge in [-0.1, -0.05) is 48.5 Å². The molecule has 1 atom stereocenters. The lowest BCUT2D eigenvalue weighted by atomic mass is 9.59. The zero-order valence-corrected chi connectivity index (χ0v) is 20.4. The van der Waals surface area contributed by atoms with Crippen LogP contribution < -0.4 is 5.32 Å². The van der Waals surface area contributed by atoms with Crippen LogP contribution in [0.4, 0.5) is 0 Å². The Balaban J connectivity index is 1.26. The van der Waals surface area contributed by atoms with Gasteiger partial charge in [-0.2, -0.15) is 0 Å². The standard InChI is InChI=1S/C28H26N2O4S/c1-16(2)30-28(32)23-12-11-17(14-25(23)35(30,33)34)27(31)29-15-18-13-24-19-7-3-5-9-21(19)26(18)22-10-6-4-8-20(22)24/h3-12,14,16,18,24,26H,13,15H2,1-2H3,(H,29,31). The summed E-state index contributed by atoms with van der Waals surface area (Å²) in [7, 11) is -3.96. The highest BCUT2D eigenvalue weighted by atomic mass is 32.2. The van der Waals surface area contributed by atoms with E-state index in [2.05, 4.69) is 53.8 Å². The molecule has 0 aromatic heterocycles. The lowest BCUT2D eigenvalue weighted by Gasteiger charge is -2.45. The van der Waals surface area contributed by atoms with Crippen molar-refractivity contribution >= 4 is 21.8 Å². The number of benzene rings is 3. The van der Waals surface area contributed by atoms with Crippen molar-refractivity contribution in [2.75, 3.05) is 6.54 Å². The molecule has 0 radical (unpaired) electrons. The largest absolute Gasteiger partial charge is 0.352 e. The summed E-state index contributed by atoms with van der Waals surface area (Å²) < 4.78 is 26.7. The molecule has 178 valence electrons. The molecule has 35 heavy (non-hydrogen) atoms. The highest BCUT2D eigenvalue weighted by molar-refractivity contribution is 7.90. The van der Waals surface area contributed by atoms with Gasteiger partial charge in [-0.05, 0) is 66.6 Å². The Morgan fingerprint density at radius 3 is 2.17 bits per heavy atom. The first-order valence-corrected chi connectivity index (χ1v) is 13.4. The molecule has 6 nitrogen and oxygen atoms in total. The predicted octanol–water partition coefficient (Wildman–Crippen LogP) is 4.27. The minimum Gasteiger partial charge on any atom is -0.352 e. The number of amides is 2. The molecular weight excluding hydrogens is 460 g/mol. The highest BCUT2D eigenvalue weighted by Crippen LogP contribution is 2.55. The van der Waals surface area contributed by atoms with Gasteiger partial charge in [0.15, 0.2) is 0 Å². The van der Waals surface area contributed by atoms with E-state index in [0.717, 1.165) is 10.7 Å². The minimum absolute atomic E-state index is 0.0940. The van der Waals surface area contributed by atoms with Gasteiger partial charge in [0, 0.05) is 30.0 Å². The van der Waals surface area contributed by atoms with E-state index in [4.69, 9.17) is 0 Å². The Bertz CT molecular complexity index is 1450. The molecule has 7 heteroatoms. The van der Waals surface area contributed by atoms with Crippen molar-refractivity contribution in [1.29, 1.82) is 0 Å². The number of rotatable bonds is 4. The summed E-state index contributed by atoms with van der Waals surface area (Å²) >= 11 is 0.